The molecule has 0 spiro atoms. The average molecular weight is 257 g/mol. The second kappa shape index (κ2) is 7.05. The molecule has 2 aromatic carbocycles. The van der Waals surface area contributed by atoms with Crippen molar-refractivity contribution in [3.63, 3.8) is 0 Å². The molecule has 0 aliphatic carbocycles. The summed E-state index contributed by atoms with van der Waals surface area (Å²) in [6, 6.07) is 17.4. The standard InChI is InChI=1S/C17H20FN/c1-2-17(15-10-6-7-11-16(15)18)19-13-12-14-8-4-3-5-9-14/h3-11,17,19H,2,12-13H2,1H3. The van der Waals surface area contributed by atoms with Crippen molar-refractivity contribution < 1.29 is 4.39 Å². The molecule has 0 saturated heterocycles. The summed E-state index contributed by atoms with van der Waals surface area (Å²) in [5, 5.41) is 3.44. The van der Waals surface area contributed by atoms with Crippen molar-refractivity contribution in [3.8, 4) is 0 Å². The monoisotopic (exact) mass is 257 g/mol. The maximum atomic E-state index is 13.7. The predicted octanol–water partition coefficient (Wildman–Crippen LogP) is 4.11. The fourth-order valence-corrected chi connectivity index (χ4v) is 2.27. The van der Waals surface area contributed by atoms with Crippen molar-refractivity contribution in [2.24, 2.45) is 0 Å². The summed E-state index contributed by atoms with van der Waals surface area (Å²) in [7, 11) is 0. The number of benzene rings is 2. The van der Waals surface area contributed by atoms with Gasteiger partial charge in [0.15, 0.2) is 0 Å². The SMILES string of the molecule is CCC(NCCc1ccccc1)c1ccccc1F. The van der Waals surface area contributed by atoms with E-state index in [-0.39, 0.29) is 11.9 Å². The van der Waals surface area contributed by atoms with E-state index in [9.17, 15) is 4.39 Å². The van der Waals surface area contributed by atoms with Gasteiger partial charge in [0.05, 0.1) is 0 Å². The maximum absolute atomic E-state index is 13.7. The van der Waals surface area contributed by atoms with Crippen LogP contribution in [0.3, 0.4) is 0 Å². The van der Waals surface area contributed by atoms with Gasteiger partial charge in [0.1, 0.15) is 5.82 Å². The first-order chi connectivity index (χ1) is 9.31. The van der Waals surface area contributed by atoms with E-state index < -0.39 is 0 Å². The molecule has 0 radical (unpaired) electrons. The van der Waals surface area contributed by atoms with E-state index in [0.717, 1.165) is 24.9 Å². The van der Waals surface area contributed by atoms with Crippen molar-refractivity contribution in [3.05, 3.63) is 71.5 Å². The molecule has 19 heavy (non-hydrogen) atoms. The minimum absolute atomic E-state index is 0.0879. The quantitative estimate of drug-likeness (QED) is 0.821. The molecule has 0 aliphatic heterocycles. The lowest BCUT2D eigenvalue weighted by molar-refractivity contribution is 0.491. The van der Waals surface area contributed by atoms with Crippen LogP contribution < -0.4 is 5.32 Å². The van der Waals surface area contributed by atoms with Crippen LogP contribution in [0.15, 0.2) is 54.6 Å². The molecule has 0 saturated carbocycles. The third kappa shape index (κ3) is 3.90. The molecule has 2 heteroatoms. The fraction of sp³-hybridized carbons (Fsp3) is 0.294. The molecule has 0 aliphatic rings. The second-order valence-corrected chi connectivity index (χ2v) is 4.67. The smallest absolute Gasteiger partial charge is 0.127 e. The summed E-state index contributed by atoms with van der Waals surface area (Å²) in [6.45, 7) is 2.93. The van der Waals surface area contributed by atoms with Gasteiger partial charge in [-0.05, 0) is 31.0 Å². The van der Waals surface area contributed by atoms with Crippen molar-refractivity contribution in [2.75, 3.05) is 6.54 Å². The third-order valence-electron chi connectivity index (χ3n) is 3.34. The maximum Gasteiger partial charge on any atom is 0.127 e. The van der Waals surface area contributed by atoms with Crippen molar-refractivity contribution >= 4 is 0 Å². The highest BCUT2D eigenvalue weighted by molar-refractivity contribution is 5.21. The zero-order valence-corrected chi connectivity index (χ0v) is 11.3. The normalized spacial score (nSPS) is 12.3. The lowest BCUT2D eigenvalue weighted by atomic mass is 10.0. The van der Waals surface area contributed by atoms with Crippen LogP contribution in [0.25, 0.3) is 0 Å². The molecule has 0 heterocycles. The molecular weight excluding hydrogens is 237 g/mol. The minimum Gasteiger partial charge on any atom is -0.310 e. The lowest BCUT2D eigenvalue weighted by Crippen LogP contribution is -2.24. The molecule has 1 N–H and O–H groups in total. The first kappa shape index (κ1) is 13.8. The lowest BCUT2D eigenvalue weighted by Gasteiger charge is -2.18. The van der Waals surface area contributed by atoms with Gasteiger partial charge in [-0.3, -0.25) is 0 Å². The number of nitrogens with one attached hydrogen (secondary N) is 1. The Morgan fingerprint density at radius 1 is 1.00 bits per heavy atom. The van der Waals surface area contributed by atoms with Crippen molar-refractivity contribution in [1.82, 2.24) is 5.32 Å². The summed E-state index contributed by atoms with van der Waals surface area (Å²) in [4.78, 5) is 0. The molecule has 100 valence electrons. The van der Waals surface area contributed by atoms with Gasteiger partial charge in [-0.25, -0.2) is 4.39 Å². The molecule has 1 unspecified atom stereocenters. The number of hydrogen-bond acceptors (Lipinski definition) is 1. The topological polar surface area (TPSA) is 12.0 Å². The Labute approximate surface area is 114 Å². The van der Waals surface area contributed by atoms with Crippen LogP contribution >= 0.6 is 0 Å². The molecule has 0 aromatic heterocycles. The number of hydrogen-bond donors (Lipinski definition) is 1. The van der Waals surface area contributed by atoms with Crippen LogP contribution in [0.1, 0.15) is 30.5 Å². The predicted molar refractivity (Wildman–Crippen MR) is 77.6 cm³/mol. The molecule has 0 amide bonds. The molecule has 0 fully saturated rings. The zero-order valence-electron chi connectivity index (χ0n) is 11.3. The van der Waals surface area contributed by atoms with E-state index >= 15 is 0 Å². The van der Waals surface area contributed by atoms with Crippen molar-refractivity contribution in [2.45, 2.75) is 25.8 Å². The molecule has 1 nitrogen and oxygen atoms in total. The van der Waals surface area contributed by atoms with Gasteiger partial charge in [-0.15, -0.1) is 0 Å². The van der Waals surface area contributed by atoms with Gasteiger partial charge in [0, 0.05) is 11.6 Å². The molecule has 2 aromatic rings. The Morgan fingerprint density at radius 3 is 2.37 bits per heavy atom. The Morgan fingerprint density at radius 2 is 1.68 bits per heavy atom. The van der Waals surface area contributed by atoms with E-state index in [0.29, 0.717) is 0 Å². The highest BCUT2D eigenvalue weighted by atomic mass is 19.1. The summed E-state index contributed by atoms with van der Waals surface area (Å²) < 4.78 is 13.7. The second-order valence-electron chi connectivity index (χ2n) is 4.67. The van der Waals surface area contributed by atoms with Crippen LogP contribution in [0.5, 0.6) is 0 Å². The average Bonchev–Trinajstić information content (AvgIpc) is 2.46. The van der Waals surface area contributed by atoms with Crippen LogP contribution in [0.4, 0.5) is 4.39 Å². The zero-order chi connectivity index (χ0) is 13.5. The number of rotatable bonds is 6. The van der Waals surface area contributed by atoms with E-state index in [1.807, 2.05) is 30.3 Å². The molecular formula is C17H20FN. The summed E-state index contributed by atoms with van der Waals surface area (Å²) >= 11 is 0. The fourth-order valence-electron chi connectivity index (χ4n) is 2.27. The van der Waals surface area contributed by atoms with Gasteiger partial charge in [-0.1, -0.05) is 55.5 Å². The van der Waals surface area contributed by atoms with Gasteiger partial charge in [-0.2, -0.15) is 0 Å². The summed E-state index contributed by atoms with van der Waals surface area (Å²) in [5.74, 6) is -0.124. The third-order valence-corrected chi connectivity index (χ3v) is 3.34. The van der Waals surface area contributed by atoms with E-state index in [1.165, 1.54) is 11.6 Å². The van der Waals surface area contributed by atoms with Crippen LogP contribution in [0.2, 0.25) is 0 Å². The van der Waals surface area contributed by atoms with Gasteiger partial charge < -0.3 is 5.32 Å². The van der Waals surface area contributed by atoms with Crippen LogP contribution in [0, 0.1) is 5.82 Å². The largest absolute Gasteiger partial charge is 0.310 e. The Bertz CT molecular complexity index is 496. The first-order valence-electron chi connectivity index (χ1n) is 6.83. The van der Waals surface area contributed by atoms with E-state index in [4.69, 9.17) is 0 Å². The van der Waals surface area contributed by atoms with E-state index in [1.54, 1.807) is 6.07 Å². The van der Waals surface area contributed by atoms with Gasteiger partial charge >= 0.3 is 0 Å². The van der Waals surface area contributed by atoms with Crippen molar-refractivity contribution in [1.29, 1.82) is 0 Å². The van der Waals surface area contributed by atoms with Gasteiger partial charge in [0.25, 0.3) is 0 Å². The molecule has 0 bridgehead atoms. The first-order valence-corrected chi connectivity index (χ1v) is 6.83. The Kier molecular flexibility index (Phi) is 5.10. The Hall–Kier alpha value is -1.67. The highest BCUT2D eigenvalue weighted by Crippen LogP contribution is 2.19. The molecule has 2 rings (SSSR count). The van der Waals surface area contributed by atoms with E-state index in [2.05, 4.69) is 24.4 Å². The van der Waals surface area contributed by atoms with Crippen LogP contribution in [-0.2, 0) is 6.42 Å². The minimum atomic E-state index is -0.124. The Balaban J connectivity index is 1.92. The van der Waals surface area contributed by atoms with Gasteiger partial charge in [0.2, 0.25) is 0 Å². The highest BCUT2D eigenvalue weighted by Gasteiger charge is 2.12. The molecule has 1 atom stereocenters. The summed E-state index contributed by atoms with van der Waals surface area (Å²) in [5.41, 5.74) is 2.07. The summed E-state index contributed by atoms with van der Waals surface area (Å²) in [6.07, 6.45) is 1.85. The number of halogens is 1. The van der Waals surface area contributed by atoms with Crippen LogP contribution in [-0.4, -0.2) is 6.54 Å².